The van der Waals surface area contributed by atoms with Crippen LogP contribution in [-0.2, 0) is 11.3 Å². The van der Waals surface area contributed by atoms with E-state index < -0.39 is 11.6 Å². The van der Waals surface area contributed by atoms with Gasteiger partial charge in [-0.25, -0.2) is 8.78 Å². The number of rotatable bonds is 9. The Bertz CT molecular complexity index is 1110. The molecule has 36 heavy (non-hydrogen) atoms. The minimum Gasteiger partial charge on any atom is -0.484 e. The first kappa shape index (κ1) is 30.1. The molecule has 0 bridgehead atoms. The number of nitrogens with two attached hydrogens (primary N) is 1. The summed E-state index contributed by atoms with van der Waals surface area (Å²) in [7, 11) is 1.50. The molecular weight excluding hydrogens is 464 g/mol. The monoisotopic (exact) mass is 497 g/mol. The van der Waals surface area contributed by atoms with Crippen LogP contribution in [0.3, 0.4) is 0 Å². The first-order valence-corrected chi connectivity index (χ1v) is 11.2. The summed E-state index contributed by atoms with van der Waals surface area (Å²) in [5, 5.41) is 2.75. The van der Waals surface area contributed by atoms with E-state index in [1.54, 1.807) is 30.6 Å². The standard InChI is InChI=1S/C19H20F2N2O2.C7H8N2.CH5N/c1-12(2)10-23-19(24)11-25-14-5-7-18(22-3)15(9-14)13-4-6-16(20)17(21)8-13;1-8-5-7-3-2-4-9-6-7;1-2/h4-9,12H,3,10-11H2,1-2H3,(H,23,24);2-4,6H,1,5H2;2H2,1H3. The summed E-state index contributed by atoms with van der Waals surface area (Å²) in [5.41, 5.74) is 7.08. The van der Waals surface area contributed by atoms with Gasteiger partial charge in [0.1, 0.15) is 5.75 Å². The van der Waals surface area contributed by atoms with Crippen LogP contribution in [-0.4, -0.2) is 44.5 Å². The van der Waals surface area contributed by atoms with Crippen LogP contribution in [0.1, 0.15) is 19.4 Å². The van der Waals surface area contributed by atoms with Crippen LogP contribution in [0, 0.1) is 17.6 Å². The lowest BCUT2D eigenvalue weighted by molar-refractivity contribution is -0.123. The van der Waals surface area contributed by atoms with E-state index >= 15 is 0 Å². The van der Waals surface area contributed by atoms with Gasteiger partial charge in [-0.2, -0.15) is 0 Å². The van der Waals surface area contributed by atoms with Crippen LogP contribution in [0.5, 0.6) is 5.75 Å². The molecule has 1 heterocycles. The number of hydrogen-bond acceptors (Lipinski definition) is 6. The third kappa shape index (κ3) is 10.5. The van der Waals surface area contributed by atoms with Gasteiger partial charge < -0.3 is 15.8 Å². The van der Waals surface area contributed by atoms with Crippen molar-refractivity contribution in [2.24, 2.45) is 21.6 Å². The first-order valence-electron chi connectivity index (χ1n) is 11.2. The minimum absolute atomic E-state index is 0.134. The lowest BCUT2D eigenvalue weighted by atomic mass is 10.0. The summed E-state index contributed by atoms with van der Waals surface area (Å²) < 4.78 is 32.1. The number of amides is 1. The Morgan fingerprint density at radius 2 is 1.86 bits per heavy atom. The summed E-state index contributed by atoms with van der Waals surface area (Å²) in [6.45, 7) is 11.9. The predicted molar refractivity (Wildman–Crippen MR) is 142 cm³/mol. The number of carbonyl (C=O) groups is 1. The lowest BCUT2D eigenvalue weighted by Gasteiger charge is -2.12. The Morgan fingerprint density at radius 3 is 2.44 bits per heavy atom. The Hall–Kier alpha value is -3.98. The number of aromatic nitrogens is 1. The fraction of sp³-hybridized carbons (Fsp3) is 0.259. The molecule has 0 atom stereocenters. The van der Waals surface area contributed by atoms with Crippen LogP contribution in [0.15, 0.2) is 70.9 Å². The fourth-order valence-corrected chi connectivity index (χ4v) is 2.78. The highest BCUT2D eigenvalue weighted by Gasteiger charge is 2.11. The van der Waals surface area contributed by atoms with E-state index in [1.807, 2.05) is 26.0 Å². The second kappa shape index (κ2) is 16.6. The third-order valence-electron chi connectivity index (χ3n) is 4.46. The van der Waals surface area contributed by atoms with E-state index in [0.717, 1.165) is 17.7 Å². The van der Waals surface area contributed by atoms with Gasteiger partial charge in [0.2, 0.25) is 0 Å². The van der Waals surface area contributed by atoms with E-state index in [9.17, 15) is 13.6 Å². The van der Waals surface area contributed by atoms with E-state index in [4.69, 9.17) is 4.74 Å². The van der Waals surface area contributed by atoms with Gasteiger partial charge in [-0.15, -0.1) is 0 Å². The normalized spacial score (nSPS) is 9.75. The van der Waals surface area contributed by atoms with Crippen molar-refractivity contribution in [2.75, 3.05) is 20.2 Å². The van der Waals surface area contributed by atoms with Crippen LogP contribution < -0.4 is 15.8 Å². The zero-order valence-corrected chi connectivity index (χ0v) is 20.9. The van der Waals surface area contributed by atoms with Gasteiger partial charge in [0.15, 0.2) is 18.2 Å². The highest BCUT2D eigenvalue weighted by atomic mass is 19.2. The number of ether oxygens (including phenoxy) is 1. The van der Waals surface area contributed by atoms with Crippen molar-refractivity contribution in [3.05, 3.63) is 78.1 Å². The zero-order valence-electron chi connectivity index (χ0n) is 20.9. The number of halogens is 2. The molecule has 0 aliphatic carbocycles. The van der Waals surface area contributed by atoms with Gasteiger partial charge in [0.05, 0.1) is 12.2 Å². The molecule has 1 amide bonds. The molecular formula is C27H33F2N5O2. The second-order valence-electron chi connectivity index (χ2n) is 7.70. The molecule has 0 fully saturated rings. The molecule has 3 N–H and O–H groups in total. The predicted octanol–water partition coefficient (Wildman–Crippen LogP) is 4.97. The van der Waals surface area contributed by atoms with Gasteiger partial charge in [0.25, 0.3) is 5.91 Å². The molecule has 7 nitrogen and oxygen atoms in total. The molecule has 3 aromatic rings. The maximum absolute atomic E-state index is 13.5. The van der Waals surface area contributed by atoms with E-state index in [1.165, 1.54) is 13.1 Å². The van der Waals surface area contributed by atoms with Crippen LogP contribution in [0.4, 0.5) is 14.5 Å². The van der Waals surface area contributed by atoms with Crippen molar-refractivity contribution in [1.82, 2.24) is 10.3 Å². The molecule has 2 aromatic carbocycles. The number of hydrogen-bond donors (Lipinski definition) is 2. The number of pyridine rings is 1. The molecule has 0 aliphatic heterocycles. The maximum atomic E-state index is 13.5. The van der Waals surface area contributed by atoms with Crippen molar-refractivity contribution in [1.29, 1.82) is 0 Å². The molecule has 0 unspecified atom stereocenters. The molecule has 0 saturated heterocycles. The van der Waals surface area contributed by atoms with Crippen LogP contribution >= 0.6 is 0 Å². The van der Waals surface area contributed by atoms with E-state index in [2.05, 4.69) is 39.5 Å². The smallest absolute Gasteiger partial charge is 0.257 e. The van der Waals surface area contributed by atoms with Gasteiger partial charge in [-0.1, -0.05) is 26.0 Å². The zero-order chi connectivity index (χ0) is 26.9. The summed E-state index contributed by atoms with van der Waals surface area (Å²) in [5.74, 6) is -1.33. The van der Waals surface area contributed by atoms with Gasteiger partial charge in [0, 0.05) is 24.5 Å². The molecule has 3 rings (SSSR count). The van der Waals surface area contributed by atoms with Gasteiger partial charge in [-0.3, -0.25) is 19.8 Å². The largest absolute Gasteiger partial charge is 0.484 e. The van der Waals surface area contributed by atoms with Gasteiger partial charge >= 0.3 is 0 Å². The first-order chi connectivity index (χ1) is 17.3. The average molecular weight is 498 g/mol. The lowest BCUT2D eigenvalue weighted by Crippen LogP contribution is -2.31. The number of nitrogens with one attached hydrogen (secondary N) is 1. The number of benzene rings is 2. The molecule has 192 valence electrons. The van der Waals surface area contributed by atoms with Crippen LogP contribution in [0.2, 0.25) is 0 Å². The Balaban J connectivity index is 0.000000491. The summed E-state index contributed by atoms with van der Waals surface area (Å²) in [6, 6.07) is 12.3. The highest BCUT2D eigenvalue weighted by Crippen LogP contribution is 2.34. The van der Waals surface area contributed by atoms with Crippen molar-refractivity contribution in [3.8, 4) is 16.9 Å². The summed E-state index contributed by atoms with van der Waals surface area (Å²) >= 11 is 0. The number of aliphatic imine (C=N–C) groups is 2. The summed E-state index contributed by atoms with van der Waals surface area (Å²) in [6.07, 6.45) is 3.53. The quantitative estimate of drug-likeness (QED) is 0.408. The van der Waals surface area contributed by atoms with E-state index in [-0.39, 0.29) is 12.5 Å². The maximum Gasteiger partial charge on any atom is 0.257 e. The number of carbonyl (C=O) groups excluding carboxylic acids is 1. The molecule has 1 aromatic heterocycles. The molecule has 0 radical (unpaired) electrons. The van der Waals surface area contributed by atoms with Crippen molar-refractivity contribution >= 4 is 25.0 Å². The Morgan fingerprint density at radius 1 is 1.11 bits per heavy atom. The molecule has 9 heteroatoms. The van der Waals surface area contributed by atoms with E-state index in [0.29, 0.717) is 41.6 Å². The van der Waals surface area contributed by atoms with Crippen LogP contribution in [0.25, 0.3) is 11.1 Å². The molecule has 0 saturated carbocycles. The molecule has 0 spiro atoms. The second-order valence-corrected chi connectivity index (χ2v) is 7.70. The average Bonchev–Trinajstić information content (AvgIpc) is 2.90. The van der Waals surface area contributed by atoms with Crippen molar-refractivity contribution in [3.63, 3.8) is 0 Å². The van der Waals surface area contributed by atoms with Gasteiger partial charge in [-0.05, 0) is 73.9 Å². The minimum atomic E-state index is -0.952. The SMILES string of the molecule is C=NCc1cccnc1.C=Nc1ccc(OCC(=O)NCC(C)C)cc1-c1ccc(F)c(F)c1.CN. The molecule has 0 aliphatic rings. The highest BCUT2D eigenvalue weighted by molar-refractivity contribution is 5.79. The van der Waals surface area contributed by atoms with Crippen molar-refractivity contribution < 1.29 is 18.3 Å². The fourth-order valence-electron chi connectivity index (χ4n) is 2.78. The number of nitrogens with zero attached hydrogens (tertiary/aromatic N) is 3. The van der Waals surface area contributed by atoms with Crippen molar-refractivity contribution in [2.45, 2.75) is 20.4 Å². The third-order valence-corrected chi connectivity index (χ3v) is 4.46. The summed E-state index contributed by atoms with van der Waals surface area (Å²) in [4.78, 5) is 23.2. The topological polar surface area (TPSA) is 102 Å². The Labute approximate surface area is 211 Å². The Kier molecular flexibility index (Phi) is 13.9.